The molecule has 14 nitrogen and oxygen atoms in total. The second-order valence-corrected chi connectivity index (χ2v) is 26.8. The number of rotatable bonds is 63. The maximum atomic E-state index is 13.4. The lowest BCUT2D eigenvalue weighted by Crippen LogP contribution is -2.65. The summed E-state index contributed by atoms with van der Waals surface area (Å²) in [6.07, 6.45) is 70.8. The third-order valence-corrected chi connectivity index (χ3v) is 18.3. The lowest BCUT2D eigenvalue weighted by atomic mass is 9.97. The molecule has 14 heteroatoms. The van der Waals surface area contributed by atoms with Crippen LogP contribution < -0.4 is 5.32 Å². The fourth-order valence-corrected chi connectivity index (χ4v) is 12.3. The van der Waals surface area contributed by atoms with E-state index in [0.717, 1.165) is 77.0 Å². The number of allylic oxidation sites excluding steroid dienone is 13. The van der Waals surface area contributed by atoms with Crippen molar-refractivity contribution in [2.24, 2.45) is 0 Å². The molecule has 0 aromatic rings. The molecule has 9 N–H and O–H groups in total. The highest BCUT2D eigenvalue weighted by atomic mass is 16.7. The zero-order chi connectivity index (χ0) is 67.3. The standard InChI is InChI=1S/C79H141NO13/c1-3-5-7-9-11-13-15-17-19-21-23-25-27-28-29-30-31-32-33-34-35-36-37-38-39-40-41-43-45-47-49-51-53-55-57-59-61-63-71(84)80-67(66-90-78-76(89)74(87)77(70(65-82)92-78)93-79-75(88)73(86)72(85)69(64-81)91-79)68(83)62-60-58-56-54-52-50-48-46-44-42-26-24-22-20-18-16-14-12-10-8-6-4-2/h5,7,11,13,17,19,23,25,28-29,31-32,60,62,67-70,72-79,81-83,85-89H,3-4,6,8-10,12,14-16,18,20-22,24,26-27,30,33-59,61,63-66H2,1-2H3,(H,80,84)/b7-5-,13-11-,19-17-,25-23-,29-28-,32-31-,62-60+. The Kier molecular flexibility index (Phi) is 58.1. The fourth-order valence-electron chi connectivity index (χ4n) is 12.3. The molecule has 2 fully saturated rings. The van der Waals surface area contributed by atoms with Crippen molar-refractivity contribution in [2.45, 2.75) is 389 Å². The molecule has 0 aromatic heterocycles. The summed E-state index contributed by atoms with van der Waals surface area (Å²) in [7, 11) is 0. The van der Waals surface area contributed by atoms with E-state index in [1.165, 1.54) is 212 Å². The average Bonchev–Trinajstić information content (AvgIpc) is 0.852. The zero-order valence-corrected chi connectivity index (χ0v) is 59.0. The quantitative estimate of drug-likeness (QED) is 0.0204. The lowest BCUT2D eigenvalue weighted by molar-refractivity contribution is -0.359. The number of nitrogens with one attached hydrogen (secondary N) is 1. The summed E-state index contributed by atoms with van der Waals surface area (Å²) in [5, 5.41) is 87.6. The molecular formula is C79H141NO13. The minimum absolute atomic E-state index is 0.236. The summed E-state index contributed by atoms with van der Waals surface area (Å²) in [6, 6.07) is -0.918. The van der Waals surface area contributed by atoms with Crippen molar-refractivity contribution in [2.75, 3.05) is 19.8 Å². The van der Waals surface area contributed by atoms with Crippen LogP contribution in [0.25, 0.3) is 0 Å². The molecule has 0 saturated carbocycles. The van der Waals surface area contributed by atoms with E-state index in [0.29, 0.717) is 6.42 Å². The molecule has 2 saturated heterocycles. The van der Waals surface area contributed by atoms with E-state index in [4.69, 9.17) is 18.9 Å². The number of aliphatic hydroxyl groups is 8. The molecule has 12 atom stereocenters. The summed E-state index contributed by atoms with van der Waals surface area (Å²) in [5.41, 5.74) is 0. The lowest BCUT2D eigenvalue weighted by Gasteiger charge is -2.46. The second-order valence-electron chi connectivity index (χ2n) is 26.8. The van der Waals surface area contributed by atoms with E-state index in [2.05, 4.69) is 92.1 Å². The Morgan fingerprint density at radius 1 is 0.398 bits per heavy atom. The number of unbranched alkanes of at least 4 members (excludes halogenated alkanes) is 38. The van der Waals surface area contributed by atoms with Crippen LogP contribution in [0.5, 0.6) is 0 Å². The van der Waals surface area contributed by atoms with Gasteiger partial charge in [-0.2, -0.15) is 0 Å². The van der Waals surface area contributed by atoms with Gasteiger partial charge in [-0.3, -0.25) is 4.79 Å². The van der Waals surface area contributed by atoms with Gasteiger partial charge in [0, 0.05) is 6.42 Å². The molecule has 1 amide bonds. The maximum absolute atomic E-state index is 13.4. The Bertz CT molecular complexity index is 1890. The third-order valence-electron chi connectivity index (χ3n) is 18.3. The first-order valence-electron chi connectivity index (χ1n) is 38.3. The minimum Gasteiger partial charge on any atom is -0.394 e. The summed E-state index contributed by atoms with van der Waals surface area (Å²) >= 11 is 0. The van der Waals surface area contributed by atoms with E-state index in [-0.39, 0.29) is 18.9 Å². The molecule has 93 heavy (non-hydrogen) atoms. The van der Waals surface area contributed by atoms with E-state index in [9.17, 15) is 45.6 Å². The number of hydrogen-bond donors (Lipinski definition) is 9. The van der Waals surface area contributed by atoms with E-state index < -0.39 is 86.8 Å². The smallest absolute Gasteiger partial charge is 0.220 e. The molecule has 12 unspecified atom stereocenters. The Morgan fingerprint density at radius 2 is 0.742 bits per heavy atom. The van der Waals surface area contributed by atoms with Crippen LogP contribution in [0.2, 0.25) is 0 Å². The summed E-state index contributed by atoms with van der Waals surface area (Å²) in [5.74, 6) is -0.236. The molecule has 0 aromatic carbocycles. The van der Waals surface area contributed by atoms with E-state index in [1.54, 1.807) is 6.08 Å². The summed E-state index contributed by atoms with van der Waals surface area (Å²) < 4.78 is 22.9. The third kappa shape index (κ3) is 46.1. The highest BCUT2D eigenvalue weighted by Gasteiger charge is 2.51. The first-order valence-corrected chi connectivity index (χ1v) is 38.3. The van der Waals surface area contributed by atoms with Crippen molar-refractivity contribution in [3.8, 4) is 0 Å². The number of hydrogen-bond acceptors (Lipinski definition) is 13. The van der Waals surface area contributed by atoms with Crippen LogP contribution in [-0.2, 0) is 23.7 Å². The van der Waals surface area contributed by atoms with Crippen LogP contribution in [0.15, 0.2) is 85.1 Å². The number of carbonyl (C=O) groups excluding carboxylic acids is 1. The van der Waals surface area contributed by atoms with Gasteiger partial charge in [0.05, 0.1) is 32.0 Å². The first kappa shape index (κ1) is 86.3. The molecule has 0 bridgehead atoms. The molecule has 2 heterocycles. The predicted molar refractivity (Wildman–Crippen MR) is 383 cm³/mol. The Labute approximate surface area is 567 Å². The zero-order valence-electron chi connectivity index (χ0n) is 59.0. The number of carbonyl (C=O) groups is 1. The number of amides is 1. The second kappa shape index (κ2) is 62.7. The molecule has 2 aliphatic rings. The van der Waals surface area contributed by atoms with Gasteiger partial charge in [-0.25, -0.2) is 0 Å². The Hall–Kier alpha value is -2.83. The van der Waals surface area contributed by atoms with Crippen LogP contribution in [-0.4, -0.2) is 140 Å². The van der Waals surface area contributed by atoms with Crippen molar-refractivity contribution < 1.29 is 64.6 Å². The Balaban J connectivity index is 1.61. The van der Waals surface area contributed by atoms with Gasteiger partial charge in [0.1, 0.15) is 48.8 Å². The van der Waals surface area contributed by atoms with Crippen molar-refractivity contribution in [1.29, 1.82) is 0 Å². The van der Waals surface area contributed by atoms with Gasteiger partial charge in [0.15, 0.2) is 12.6 Å². The number of ether oxygens (including phenoxy) is 4. The minimum atomic E-state index is -1.79. The number of aliphatic hydroxyl groups excluding tert-OH is 8. The van der Waals surface area contributed by atoms with Crippen LogP contribution in [0.1, 0.15) is 316 Å². The van der Waals surface area contributed by atoms with E-state index in [1.807, 2.05) is 6.08 Å². The molecule has 540 valence electrons. The van der Waals surface area contributed by atoms with Gasteiger partial charge in [-0.05, 0) is 70.6 Å². The van der Waals surface area contributed by atoms with Crippen molar-refractivity contribution in [1.82, 2.24) is 5.32 Å². The van der Waals surface area contributed by atoms with Gasteiger partial charge in [-0.15, -0.1) is 0 Å². The molecule has 0 aliphatic carbocycles. The monoisotopic (exact) mass is 1310 g/mol. The highest BCUT2D eigenvalue weighted by molar-refractivity contribution is 5.76. The fraction of sp³-hybridized carbons (Fsp3) is 0.810. The Morgan fingerprint density at radius 3 is 1.14 bits per heavy atom. The van der Waals surface area contributed by atoms with Gasteiger partial charge in [0.2, 0.25) is 5.91 Å². The van der Waals surface area contributed by atoms with E-state index >= 15 is 0 Å². The van der Waals surface area contributed by atoms with Crippen molar-refractivity contribution in [3.63, 3.8) is 0 Å². The van der Waals surface area contributed by atoms with Gasteiger partial charge >= 0.3 is 0 Å². The van der Waals surface area contributed by atoms with Gasteiger partial charge in [-0.1, -0.05) is 324 Å². The molecular weight excluding hydrogens is 1170 g/mol. The molecule has 0 radical (unpaired) electrons. The predicted octanol–water partition coefficient (Wildman–Crippen LogP) is 16.7. The molecule has 2 rings (SSSR count). The first-order chi connectivity index (χ1) is 45.6. The van der Waals surface area contributed by atoms with Crippen LogP contribution in [0.3, 0.4) is 0 Å². The largest absolute Gasteiger partial charge is 0.394 e. The highest BCUT2D eigenvalue weighted by Crippen LogP contribution is 2.30. The van der Waals surface area contributed by atoms with Crippen molar-refractivity contribution >= 4 is 5.91 Å². The normalized spacial score (nSPS) is 23.0. The molecule has 0 spiro atoms. The summed E-state index contributed by atoms with van der Waals surface area (Å²) in [4.78, 5) is 13.4. The topological polar surface area (TPSA) is 228 Å². The SMILES string of the molecule is CC/C=C\C/C=C\C/C=C\C/C=C\C/C=C\C/C=C\CCCCCCCCCCCCCCCCCCCCC(=O)NC(COC1OC(CO)C(OC2OC(CO)C(O)C(O)C2O)C(O)C1O)C(O)/C=C/CCCCCCCCCCCCCCCCCCCCCC. The van der Waals surface area contributed by atoms with Crippen LogP contribution in [0, 0.1) is 0 Å². The maximum Gasteiger partial charge on any atom is 0.220 e. The van der Waals surface area contributed by atoms with Crippen LogP contribution >= 0.6 is 0 Å². The van der Waals surface area contributed by atoms with Crippen molar-refractivity contribution in [3.05, 3.63) is 85.1 Å². The van der Waals surface area contributed by atoms with Gasteiger partial charge in [0.25, 0.3) is 0 Å². The van der Waals surface area contributed by atoms with Crippen LogP contribution in [0.4, 0.5) is 0 Å². The molecule has 2 aliphatic heterocycles. The van der Waals surface area contributed by atoms with Gasteiger partial charge < -0.3 is 65.1 Å². The summed E-state index contributed by atoms with van der Waals surface area (Å²) in [6.45, 7) is 2.72. The average molecular weight is 1310 g/mol.